The van der Waals surface area contributed by atoms with Crippen LogP contribution in [0.3, 0.4) is 0 Å². The van der Waals surface area contributed by atoms with E-state index in [1.807, 2.05) is 29.2 Å². The lowest BCUT2D eigenvalue weighted by Crippen LogP contribution is -2.32. The fourth-order valence-corrected chi connectivity index (χ4v) is 2.35. The van der Waals surface area contributed by atoms with Crippen LogP contribution in [-0.4, -0.2) is 23.5 Å². The Bertz CT molecular complexity index is 444. The molecule has 0 aliphatic carbocycles. The predicted octanol–water partition coefficient (Wildman–Crippen LogP) is 3.76. The van der Waals surface area contributed by atoms with Gasteiger partial charge in [0.15, 0.2) is 6.23 Å². The Balaban J connectivity index is 2.25. The highest BCUT2D eigenvalue weighted by molar-refractivity contribution is 5.98. The van der Waals surface area contributed by atoms with Crippen molar-refractivity contribution in [3.63, 3.8) is 0 Å². The monoisotopic (exact) mass is 261 g/mol. The van der Waals surface area contributed by atoms with Crippen LogP contribution in [0.2, 0.25) is 0 Å². The molecule has 0 radical (unpaired) electrons. The van der Waals surface area contributed by atoms with Crippen molar-refractivity contribution < 1.29 is 9.53 Å². The molecular formula is C16H23NO2. The molecule has 3 heteroatoms. The van der Waals surface area contributed by atoms with Crippen molar-refractivity contribution in [3.8, 4) is 0 Å². The third-order valence-electron chi connectivity index (χ3n) is 3.69. The zero-order valence-corrected chi connectivity index (χ0v) is 12.1. The average Bonchev–Trinajstić information content (AvgIpc) is 2.70. The van der Waals surface area contributed by atoms with Crippen LogP contribution in [0.1, 0.15) is 62.2 Å². The number of hydrogen-bond acceptors (Lipinski definition) is 2. The van der Waals surface area contributed by atoms with Crippen LogP contribution in [0.15, 0.2) is 24.3 Å². The molecule has 0 bridgehead atoms. The Morgan fingerprint density at radius 3 is 2.74 bits per heavy atom. The standard InChI is InChI=1S/C16H23NO2/c1-4-6-11-17-15(18)13-9-7-8-10-14(13)16(17)19-12(3)5-2/h7-10,12,16H,4-6,11H2,1-3H3/t12-,16+/m1/s1. The van der Waals surface area contributed by atoms with Gasteiger partial charge in [-0.2, -0.15) is 0 Å². The maximum Gasteiger partial charge on any atom is 0.256 e. The number of nitrogens with zero attached hydrogens (tertiary/aromatic N) is 1. The minimum Gasteiger partial charge on any atom is -0.351 e. The molecular weight excluding hydrogens is 238 g/mol. The number of amides is 1. The van der Waals surface area contributed by atoms with Gasteiger partial charge in [-0.1, -0.05) is 38.5 Å². The number of ether oxygens (including phenoxy) is 1. The summed E-state index contributed by atoms with van der Waals surface area (Å²) in [6, 6.07) is 7.80. The second kappa shape index (κ2) is 6.20. The molecule has 0 saturated carbocycles. The van der Waals surface area contributed by atoms with Crippen LogP contribution in [0.25, 0.3) is 0 Å². The van der Waals surface area contributed by atoms with Crippen molar-refractivity contribution in [1.29, 1.82) is 0 Å². The number of carbonyl (C=O) groups is 1. The lowest BCUT2D eigenvalue weighted by molar-refractivity contribution is -0.0763. The molecule has 0 fully saturated rings. The van der Waals surface area contributed by atoms with Crippen molar-refractivity contribution >= 4 is 5.91 Å². The quantitative estimate of drug-likeness (QED) is 0.780. The summed E-state index contributed by atoms with van der Waals surface area (Å²) in [6.07, 6.45) is 3.00. The largest absolute Gasteiger partial charge is 0.351 e. The summed E-state index contributed by atoms with van der Waals surface area (Å²) >= 11 is 0. The van der Waals surface area contributed by atoms with E-state index in [4.69, 9.17) is 4.74 Å². The number of benzene rings is 1. The Morgan fingerprint density at radius 2 is 2.05 bits per heavy atom. The average molecular weight is 261 g/mol. The van der Waals surface area contributed by atoms with Crippen LogP contribution >= 0.6 is 0 Å². The molecule has 0 spiro atoms. The molecule has 1 heterocycles. The van der Waals surface area contributed by atoms with Gasteiger partial charge in [0, 0.05) is 17.7 Å². The molecule has 0 unspecified atom stereocenters. The van der Waals surface area contributed by atoms with Gasteiger partial charge in [-0.05, 0) is 25.8 Å². The molecule has 1 amide bonds. The molecule has 104 valence electrons. The molecule has 2 rings (SSSR count). The summed E-state index contributed by atoms with van der Waals surface area (Å²) in [5.74, 6) is 0.109. The Labute approximate surface area is 115 Å². The van der Waals surface area contributed by atoms with Gasteiger partial charge in [0.2, 0.25) is 0 Å². The van der Waals surface area contributed by atoms with E-state index in [0.29, 0.717) is 0 Å². The summed E-state index contributed by atoms with van der Waals surface area (Å²) < 4.78 is 6.07. The van der Waals surface area contributed by atoms with Gasteiger partial charge in [-0.15, -0.1) is 0 Å². The number of unbranched alkanes of at least 4 members (excludes halogenated alkanes) is 1. The predicted molar refractivity (Wildman–Crippen MR) is 76.0 cm³/mol. The highest BCUT2D eigenvalue weighted by Gasteiger charge is 2.37. The maximum absolute atomic E-state index is 12.4. The molecule has 0 aromatic heterocycles. The summed E-state index contributed by atoms with van der Waals surface area (Å²) in [5.41, 5.74) is 1.82. The smallest absolute Gasteiger partial charge is 0.256 e. The molecule has 19 heavy (non-hydrogen) atoms. The van der Waals surface area contributed by atoms with Crippen molar-refractivity contribution in [1.82, 2.24) is 4.90 Å². The first kappa shape index (κ1) is 14.1. The molecule has 1 aliphatic rings. The fourth-order valence-electron chi connectivity index (χ4n) is 2.35. The number of rotatable bonds is 6. The molecule has 0 saturated heterocycles. The molecule has 1 aliphatic heterocycles. The number of hydrogen-bond donors (Lipinski definition) is 0. The van der Waals surface area contributed by atoms with E-state index < -0.39 is 0 Å². The molecule has 2 atom stereocenters. The Kier molecular flexibility index (Phi) is 4.59. The van der Waals surface area contributed by atoms with Gasteiger partial charge in [-0.25, -0.2) is 0 Å². The van der Waals surface area contributed by atoms with Crippen molar-refractivity contribution in [2.24, 2.45) is 0 Å². The summed E-state index contributed by atoms with van der Waals surface area (Å²) in [5, 5.41) is 0. The number of carbonyl (C=O) groups excluding carboxylic acids is 1. The summed E-state index contributed by atoms with van der Waals surface area (Å²) in [7, 11) is 0. The first-order valence-corrected chi connectivity index (χ1v) is 7.24. The molecule has 3 nitrogen and oxygen atoms in total. The van der Waals surface area contributed by atoms with Crippen molar-refractivity contribution in [2.75, 3.05) is 6.54 Å². The van der Waals surface area contributed by atoms with Crippen LogP contribution < -0.4 is 0 Å². The fraction of sp³-hybridized carbons (Fsp3) is 0.562. The van der Waals surface area contributed by atoms with E-state index in [2.05, 4.69) is 20.8 Å². The molecule has 1 aromatic rings. The second-order valence-electron chi connectivity index (χ2n) is 5.15. The highest BCUT2D eigenvalue weighted by Crippen LogP contribution is 2.35. The van der Waals surface area contributed by atoms with Gasteiger partial charge in [-0.3, -0.25) is 4.79 Å². The van der Waals surface area contributed by atoms with E-state index >= 15 is 0 Å². The Hall–Kier alpha value is -1.35. The summed E-state index contributed by atoms with van der Waals surface area (Å²) in [4.78, 5) is 14.3. The molecule has 1 aromatic carbocycles. The van der Waals surface area contributed by atoms with Gasteiger partial charge >= 0.3 is 0 Å². The lowest BCUT2D eigenvalue weighted by atomic mass is 10.1. The SMILES string of the molecule is CCCCN1C(=O)c2ccccc2[C@@H]1O[C@H](C)CC. The summed E-state index contributed by atoms with van der Waals surface area (Å²) in [6.45, 7) is 7.07. The minimum absolute atomic E-state index is 0.109. The van der Waals surface area contributed by atoms with E-state index in [1.54, 1.807) is 0 Å². The van der Waals surface area contributed by atoms with Gasteiger partial charge < -0.3 is 9.64 Å². The van der Waals surface area contributed by atoms with Gasteiger partial charge in [0.1, 0.15) is 0 Å². The maximum atomic E-state index is 12.4. The second-order valence-corrected chi connectivity index (χ2v) is 5.15. The van der Waals surface area contributed by atoms with Gasteiger partial charge in [0.05, 0.1) is 6.10 Å². The normalized spacial score (nSPS) is 19.6. The third kappa shape index (κ3) is 2.81. The zero-order valence-electron chi connectivity index (χ0n) is 12.1. The van der Waals surface area contributed by atoms with Crippen molar-refractivity contribution in [3.05, 3.63) is 35.4 Å². The first-order chi connectivity index (χ1) is 9.19. The third-order valence-corrected chi connectivity index (χ3v) is 3.69. The number of fused-ring (bicyclic) bond motifs is 1. The van der Waals surface area contributed by atoms with Crippen LogP contribution in [0, 0.1) is 0 Å². The highest BCUT2D eigenvalue weighted by atomic mass is 16.5. The first-order valence-electron chi connectivity index (χ1n) is 7.24. The van der Waals surface area contributed by atoms with E-state index in [0.717, 1.165) is 36.9 Å². The topological polar surface area (TPSA) is 29.5 Å². The van der Waals surface area contributed by atoms with Crippen LogP contribution in [0.5, 0.6) is 0 Å². The molecule has 0 N–H and O–H groups in total. The zero-order chi connectivity index (χ0) is 13.8. The van der Waals surface area contributed by atoms with Crippen LogP contribution in [-0.2, 0) is 4.74 Å². The van der Waals surface area contributed by atoms with Crippen LogP contribution in [0.4, 0.5) is 0 Å². The van der Waals surface area contributed by atoms with E-state index in [1.165, 1.54) is 0 Å². The van der Waals surface area contributed by atoms with E-state index in [-0.39, 0.29) is 18.2 Å². The minimum atomic E-state index is -0.204. The van der Waals surface area contributed by atoms with E-state index in [9.17, 15) is 4.79 Å². The van der Waals surface area contributed by atoms with Crippen molar-refractivity contribution in [2.45, 2.75) is 52.4 Å². The Morgan fingerprint density at radius 1 is 1.32 bits per heavy atom. The lowest BCUT2D eigenvalue weighted by Gasteiger charge is -2.27. The van der Waals surface area contributed by atoms with Gasteiger partial charge in [0.25, 0.3) is 5.91 Å².